The molecule has 29 heavy (non-hydrogen) atoms. The summed E-state index contributed by atoms with van der Waals surface area (Å²) in [5.41, 5.74) is 3.93. The number of aryl methyl sites for hydroxylation is 2. The molecule has 1 N–H and O–H groups in total. The molecule has 2 aromatic carbocycles. The van der Waals surface area contributed by atoms with Crippen molar-refractivity contribution in [1.82, 2.24) is 10.3 Å². The van der Waals surface area contributed by atoms with Crippen LogP contribution in [0.1, 0.15) is 29.7 Å². The van der Waals surface area contributed by atoms with Gasteiger partial charge in [-0.25, -0.2) is 4.98 Å². The second-order valence-electron chi connectivity index (χ2n) is 6.97. The molecule has 3 aromatic rings. The predicted molar refractivity (Wildman–Crippen MR) is 114 cm³/mol. The number of amides is 1. The SMILES string of the molecule is Cc1ccc(-c2nc(CCNC(=O)CCCOc3ccc(Cl)c(C)c3)co2)cc1. The fourth-order valence-electron chi connectivity index (χ4n) is 2.80. The number of ether oxygens (including phenoxy) is 1. The van der Waals surface area contributed by atoms with Crippen LogP contribution in [0.25, 0.3) is 11.5 Å². The standard InChI is InChI=1S/C23H25ClN2O3/c1-16-5-7-18(8-6-16)23-26-19(15-29-23)11-12-25-22(27)4-3-13-28-20-9-10-21(24)17(2)14-20/h5-10,14-15H,3-4,11-13H2,1-2H3,(H,25,27). The van der Waals surface area contributed by atoms with Crippen molar-refractivity contribution in [1.29, 1.82) is 0 Å². The topological polar surface area (TPSA) is 64.4 Å². The third-order valence-electron chi connectivity index (χ3n) is 4.50. The zero-order valence-electron chi connectivity index (χ0n) is 16.7. The van der Waals surface area contributed by atoms with Gasteiger partial charge in [-0.15, -0.1) is 0 Å². The summed E-state index contributed by atoms with van der Waals surface area (Å²) >= 11 is 6.00. The van der Waals surface area contributed by atoms with E-state index in [2.05, 4.69) is 10.3 Å². The zero-order valence-corrected chi connectivity index (χ0v) is 17.5. The van der Waals surface area contributed by atoms with Crippen LogP contribution in [0.4, 0.5) is 0 Å². The Kier molecular flexibility index (Phi) is 7.30. The van der Waals surface area contributed by atoms with Gasteiger partial charge >= 0.3 is 0 Å². The maximum atomic E-state index is 12.0. The highest BCUT2D eigenvalue weighted by Crippen LogP contribution is 2.21. The van der Waals surface area contributed by atoms with E-state index >= 15 is 0 Å². The van der Waals surface area contributed by atoms with E-state index in [1.807, 2.05) is 56.3 Å². The van der Waals surface area contributed by atoms with Gasteiger partial charge in [-0.05, 0) is 56.2 Å². The smallest absolute Gasteiger partial charge is 0.226 e. The first-order chi connectivity index (χ1) is 14.0. The largest absolute Gasteiger partial charge is 0.494 e. The molecule has 152 valence electrons. The lowest BCUT2D eigenvalue weighted by atomic mass is 10.1. The number of benzene rings is 2. The van der Waals surface area contributed by atoms with Gasteiger partial charge in [-0.3, -0.25) is 4.79 Å². The van der Waals surface area contributed by atoms with Gasteiger partial charge in [-0.1, -0.05) is 29.3 Å². The third-order valence-corrected chi connectivity index (χ3v) is 4.92. The summed E-state index contributed by atoms with van der Waals surface area (Å²) in [6.45, 7) is 4.98. The first-order valence-corrected chi connectivity index (χ1v) is 10.1. The fraction of sp³-hybridized carbons (Fsp3) is 0.304. The molecule has 0 aliphatic rings. The molecule has 0 saturated carbocycles. The molecule has 0 spiro atoms. The highest BCUT2D eigenvalue weighted by molar-refractivity contribution is 6.31. The van der Waals surface area contributed by atoms with Gasteiger partial charge in [0.05, 0.1) is 12.3 Å². The van der Waals surface area contributed by atoms with Crippen molar-refractivity contribution >= 4 is 17.5 Å². The Hall–Kier alpha value is -2.79. The highest BCUT2D eigenvalue weighted by Gasteiger charge is 2.08. The summed E-state index contributed by atoms with van der Waals surface area (Å²) in [5.74, 6) is 1.37. The van der Waals surface area contributed by atoms with E-state index in [1.54, 1.807) is 6.26 Å². The first kappa shape index (κ1) is 20.9. The molecule has 1 heterocycles. The van der Waals surface area contributed by atoms with Crippen LogP contribution in [0.15, 0.2) is 53.1 Å². The number of halogens is 1. The van der Waals surface area contributed by atoms with Gasteiger partial charge in [0.2, 0.25) is 11.8 Å². The zero-order chi connectivity index (χ0) is 20.6. The second kappa shape index (κ2) is 10.1. The number of hydrogen-bond acceptors (Lipinski definition) is 4. The van der Waals surface area contributed by atoms with E-state index in [0.717, 1.165) is 27.6 Å². The molecule has 0 radical (unpaired) electrons. The highest BCUT2D eigenvalue weighted by atomic mass is 35.5. The van der Waals surface area contributed by atoms with Gasteiger partial charge in [0.1, 0.15) is 12.0 Å². The predicted octanol–water partition coefficient (Wildman–Crippen LogP) is 5.13. The lowest BCUT2D eigenvalue weighted by Crippen LogP contribution is -2.25. The molecule has 0 aliphatic carbocycles. The summed E-state index contributed by atoms with van der Waals surface area (Å²) in [5, 5.41) is 3.63. The summed E-state index contributed by atoms with van der Waals surface area (Å²) in [6.07, 6.45) is 3.33. The maximum Gasteiger partial charge on any atom is 0.226 e. The van der Waals surface area contributed by atoms with E-state index in [1.165, 1.54) is 5.56 Å². The summed E-state index contributed by atoms with van der Waals surface area (Å²) in [7, 11) is 0. The molecule has 3 rings (SSSR count). The number of oxazole rings is 1. The van der Waals surface area contributed by atoms with Crippen molar-refractivity contribution in [2.24, 2.45) is 0 Å². The van der Waals surface area contributed by atoms with E-state index in [4.69, 9.17) is 20.8 Å². The molecular weight excluding hydrogens is 388 g/mol. The molecule has 5 nitrogen and oxygen atoms in total. The summed E-state index contributed by atoms with van der Waals surface area (Å²) in [4.78, 5) is 16.5. The monoisotopic (exact) mass is 412 g/mol. The average molecular weight is 413 g/mol. The van der Waals surface area contributed by atoms with Crippen molar-refractivity contribution in [3.8, 4) is 17.2 Å². The van der Waals surface area contributed by atoms with Crippen LogP contribution in [-0.2, 0) is 11.2 Å². The van der Waals surface area contributed by atoms with Gasteiger partial charge in [0.25, 0.3) is 0 Å². The quantitative estimate of drug-likeness (QED) is 0.495. The van der Waals surface area contributed by atoms with Crippen molar-refractivity contribution in [2.45, 2.75) is 33.1 Å². The van der Waals surface area contributed by atoms with Crippen LogP contribution in [0.3, 0.4) is 0 Å². The molecular formula is C23H25ClN2O3. The Labute approximate surface area is 176 Å². The maximum absolute atomic E-state index is 12.0. The minimum absolute atomic E-state index is 0.00291. The Bertz CT molecular complexity index is 951. The normalized spacial score (nSPS) is 10.7. The number of hydrogen-bond donors (Lipinski definition) is 1. The van der Waals surface area contributed by atoms with E-state index < -0.39 is 0 Å². The van der Waals surface area contributed by atoms with Crippen LogP contribution >= 0.6 is 11.6 Å². The molecule has 1 aromatic heterocycles. The Morgan fingerprint density at radius 2 is 1.97 bits per heavy atom. The number of carbonyl (C=O) groups is 1. The number of nitrogens with zero attached hydrogens (tertiary/aromatic N) is 1. The number of nitrogens with one attached hydrogen (secondary N) is 1. The second-order valence-corrected chi connectivity index (χ2v) is 7.38. The van der Waals surface area contributed by atoms with Crippen LogP contribution in [0.5, 0.6) is 5.75 Å². The summed E-state index contributed by atoms with van der Waals surface area (Å²) < 4.78 is 11.2. The first-order valence-electron chi connectivity index (χ1n) is 9.68. The Balaban J connectivity index is 1.33. The van der Waals surface area contributed by atoms with Gasteiger partial charge in [-0.2, -0.15) is 0 Å². The molecule has 0 saturated heterocycles. The Morgan fingerprint density at radius 1 is 1.17 bits per heavy atom. The van der Waals surface area contributed by atoms with Crippen molar-refractivity contribution in [2.75, 3.05) is 13.2 Å². The third kappa shape index (κ3) is 6.36. The minimum atomic E-state index is 0.00291. The van der Waals surface area contributed by atoms with Crippen LogP contribution in [0, 0.1) is 13.8 Å². The van der Waals surface area contributed by atoms with Crippen LogP contribution < -0.4 is 10.1 Å². The Morgan fingerprint density at radius 3 is 2.72 bits per heavy atom. The summed E-state index contributed by atoms with van der Waals surface area (Å²) in [6, 6.07) is 13.6. The van der Waals surface area contributed by atoms with Crippen LogP contribution in [-0.4, -0.2) is 24.0 Å². The minimum Gasteiger partial charge on any atom is -0.494 e. The number of carbonyl (C=O) groups excluding carboxylic acids is 1. The molecule has 1 amide bonds. The number of rotatable bonds is 9. The van der Waals surface area contributed by atoms with E-state index in [0.29, 0.717) is 38.3 Å². The van der Waals surface area contributed by atoms with E-state index in [-0.39, 0.29) is 5.91 Å². The molecule has 0 aliphatic heterocycles. The lowest BCUT2D eigenvalue weighted by Gasteiger charge is -2.08. The van der Waals surface area contributed by atoms with E-state index in [9.17, 15) is 4.79 Å². The molecule has 0 unspecified atom stereocenters. The average Bonchev–Trinajstić information content (AvgIpc) is 3.17. The van der Waals surface area contributed by atoms with Crippen molar-refractivity contribution in [3.63, 3.8) is 0 Å². The fourth-order valence-corrected chi connectivity index (χ4v) is 2.92. The molecule has 0 atom stereocenters. The van der Waals surface area contributed by atoms with Crippen molar-refractivity contribution in [3.05, 3.63) is 70.6 Å². The van der Waals surface area contributed by atoms with Gasteiger partial charge in [0, 0.05) is 30.0 Å². The molecule has 0 fully saturated rings. The van der Waals surface area contributed by atoms with Gasteiger partial charge in [0.15, 0.2) is 0 Å². The van der Waals surface area contributed by atoms with Crippen molar-refractivity contribution < 1.29 is 13.9 Å². The molecule has 6 heteroatoms. The van der Waals surface area contributed by atoms with Crippen LogP contribution in [0.2, 0.25) is 5.02 Å². The van der Waals surface area contributed by atoms with Gasteiger partial charge < -0.3 is 14.5 Å². The molecule has 0 bridgehead atoms. The lowest BCUT2D eigenvalue weighted by molar-refractivity contribution is -0.121. The number of aromatic nitrogens is 1.